The highest BCUT2D eigenvalue weighted by Gasteiger charge is 2.35. The second-order valence-corrected chi connectivity index (χ2v) is 13.9. The third-order valence-corrected chi connectivity index (χ3v) is 8.04. The summed E-state index contributed by atoms with van der Waals surface area (Å²) in [7, 11) is 0. The van der Waals surface area contributed by atoms with E-state index in [9.17, 15) is 23.6 Å². The van der Waals surface area contributed by atoms with Gasteiger partial charge in [-0.25, -0.2) is 14.2 Å². The van der Waals surface area contributed by atoms with Gasteiger partial charge in [0.2, 0.25) is 11.8 Å². The molecule has 0 radical (unpaired) electrons. The number of hydrogen-bond acceptors (Lipinski definition) is 7. The molecular weight excluding hydrogens is 631 g/mol. The molecule has 0 saturated carbocycles. The Morgan fingerprint density at radius 3 is 2.35 bits per heavy atom. The number of piperidine rings is 1. The Balaban J connectivity index is 1.52. The van der Waals surface area contributed by atoms with Crippen LogP contribution in [-0.2, 0) is 30.5 Å². The molecule has 2 aromatic carbocycles. The maximum absolute atomic E-state index is 14.3. The first-order valence-electron chi connectivity index (χ1n) is 16.4. The maximum atomic E-state index is 14.3. The first kappa shape index (κ1) is 37.0. The quantitative estimate of drug-likeness (QED) is 0.249. The molecule has 1 aliphatic heterocycles. The van der Waals surface area contributed by atoms with Gasteiger partial charge in [0.15, 0.2) is 5.82 Å². The Labute approximate surface area is 286 Å². The predicted octanol–water partition coefficient (Wildman–Crippen LogP) is 4.81. The largest absolute Gasteiger partial charge is 0.444 e. The van der Waals surface area contributed by atoms with Crippen LogP contribution in [0, 0.1) is 11.7 Å². The van der Waals surface area contributed by atoms with Crippen LogP contribution in [0.25, 0.3) is 0 Å². The van der Waals surface area contributed by atoms with Crippen molar-refractivity contribution in [2.45, 2.75) is 84.2 Å². The summed E-state index contributed by atoms with van der Waals surface area (Å²) < 4.78 is 27.0. The first-order chi connectivity index (χ1) is 23.1. The number of rotatable bonds is 12. The van der Waals surface area contributed by atoms with Gasteiger partial charge in [0, 0.05) is 19.3 Å². The molecular formula is C36H47FN6O6. The molecule has 49 heavy (non-hydrogen) atoms. The number of carbonyl (C=O) groups excluding carboxylic acids is 4. The second-order valence-electron chi connectivity index (χ2n) is 13.9. The molecule has 1 unspecified atom stereocenters. The average molecular weight is 679 g/mol. The van der Waals surface area contributed by atoms with Crippen molar-refractivity contribution in [3.05, 3.63) is 84.1 Å². The normalized spacial score (nSPS) is 15.2. The minimum atomic E-state index is -1.45. The Hall–Kier alpha value is -4.78. The van der Waals surface area contributed by atoms with Gasteiger partial charge >= 0.3 is 6.09 Å². The third-order valence-electron chi connectivity index (χ3n) is 8.04. The number of nitrogens with zero attached hydrogens (tertiary/aromatic N) is 3. The number of imidazole rings is 1. The van der Waals surface area contributed by atoms with Gasteiger partial charge in [0.05, 0.1) is 19.5 Å². The maximum Gasteiger partial charge on any atom is 0.408 e. The molecule has 1 saturated heterocycles. The number of hydrogen-bond donors (Lipinski definition) is 3. The lowest BCUT2D eigenvalue weighted by Crippen LogP contribution is -2.59. The molecule has 1 fully saturated rings. The van der Waals surface area contributed by atoms with Gasteiger partial charge in [-0.1, -0.05) is 49.4 Å². The van der Waals surface area contributed by atoms with E-state index in [4.69, 9.17) is 9.47 Å². The molecule has 264 valence electrons. The Morgan fingerprint density at radius 2 is 1.69 bits per heavy atom. The summed E-state index contributed by atoms with van der Waals surface area (Å²) in [5, 5.41) is 7.92. The van der Waals surface area contributed by atoms with E-state index in [1.54, 1.807) is 37.8 Å². The van der Waals surface area contributed by atoms with Crippen LogP contribution in [0.2, 0.25) is 0 Å². The lowest BCUT2D eigenvalue weighted by molar-refractivity contribution is -0.135. The number of benzene rings is 2. The minimum Gasteiger partial charge on any atom is -0.444 e. The van der Waals surface area contributed by atoms with Crippen LogP contribution in [0.5, 0.6) is 0 Å². The number of amides is 4. The molecule has 4 amide bonds. The number of alkyl carbamates (subject to hydrolysis) is 1. The molecule has 13 heteroatoms. The van der Waals surface area contributed by atoms with Crippen LogP contribution in [0.3, 0.4) is 0 Å². The number of halogens is 1. The van der Waals surface area contributed by atoms with Crippen LogP contribution >= 0.6 is 0 Å². The molecule has 12 nitrogen and oxygen atoms in total. The smallest absolute Gasteiger partial charge is 0.408 e. The van der Waals surface area contributed by atoms with Crippen molar-refractivity contribution in [1.82, 2.24) is 25.1 Å². The predicted molar refractivity (Wildman–Crippen MR) is 182 cm³/mol. The van der Waals surface area contributed by atoms with Gasteiger partial charge in [-0.15, -0.1) is 0 Å². The molecule has 0 spiro atoms. The number of anilines is 1. The van der Waals surface area contributed by atoms with Crippen molar-refractivity contribution < 1.29 is 33.0 Å². The summed E-state index contributed by atoms with van der Waals surface area (Å²) in [5.74, 6) is -1.35. The summed E-state index contributed by atoms with van der Waals surface area (Å²) in [5.41, 5.74) is -0.918. The summed E-state index contributed by atoms with van der Waals surface area (Å²) in [6, 6.07) is 13.1. The van der Waals surface area contributed by atoms with Gasteiger partial charge in [0.25, 0.3) is 5.91 Å². The standard InChI is InChI=1S/C36H47FN6O6/c1-24-15-17-42(18-16-24)32(45)30(26-13-10-14-27(37)19-26)43-20-29(38-23-43)40-31(44)28(22-48-21-25-11-8-7-9-12-25)39-33(46)36(5,6)41-34(47)49-35(2,3)4/h7-14,19-20,23-24,28,30H,15-18,21-22H2,1-6H3,(H,39,46)(H,40,44)(H,41,47)/t28-,30?/m1/s1. The Bertz CT molecular complexity index is 1600. The number of nitrogens with one attached hydrogen (secondary N) is 3. The van der Waals surface area contributed by atoms with Gasteiger partial charge in [-0.3, -0.25) is 14.4 Å². The van der Waals surface area contributed by atoms with Gasteiger partial charge in [-0.05, 0) is 76.6 Å². The first-order valence-corrected chi connectivity index (χ1v) is 16.4. The number of ether oxygens (including phenoxy) is 2. The lowest BCUT2D eigenvalue weighted by atomic mass is 9.97. The van der Waals surface area contributed by atoms with Gasteiger partial charge in [0.1, 0.15) is 29.0 Å². The minimum absolute atomic E-state index is 0.111. The van der Waals surface area contributed by atoms with Crippen LogP contribution in [0.1, 0.15) is 71.6 Å². The van der Waals surface area contributed by atoms with Crippen LogP contribution < -0.4 is 16.0 Å². The molecule has 0 aliphatic carbocycles. The van der Waals surface area contributed by atoms with E-state index >= 15 is 0 Å². The Kier molecular flexibility index (Phi) is 12.2. The van der Waals surface area contributed by atoms with E-state index in [2.05, 4.69) is 27.9 Å². The molecule has 1 aromatic heterocycles. The van der Waals surface area contributed by atoms with Crippen LogP contribution in [0.15, 0.2) is 67.1 Å². The van der Waals surface area contributed by atoms with Crippen LogP contribution in [0.4, 0.5) is 15.0 Å². The number of likely N-dealkylation sites (tertiary alicyclic amines) is 1. The zero-order valence-electron chi connectivity index (χ0n) is 29.0. The van der Waals surface area contributed by atoms with Crippen LogP contribution in [-0.4, -0.2) is 75.1 Å². The van der Waals surface area contributed by atoms with Crippen molar-refractivity contribution in [1.29, 1.82) is 0 Å². The van der Waals surface area contributed by atoms with Gasteiger partial charge < -0.3 is 34.9 Å². The zero-order valence-corrected chi connectivity index (χ0v) is 29.0. The fourth-order valence-electron chi connectivity index (χ4n) is 5.28. The van der Waals surface area contributed by atoms with E-state index in [0.717, 1.165) is 18.4 Å². The number of carbonyl (C=O) groups is 4. The average Bonchev–Trinajstić information content (AvgIpc) is 3.47. The molecule has 3 aromatic rings. The van der Waals surface area contributed by atoms with E-state index in [1.807, 2.05) is 30.3 Å². The van der Waals surface area contributed by atoms with E-state index in [0.29, 0.717) is 24.6 Å². The van der Waals surface area contributed by atoms with Crippen molar-refractivity contribution in [2.75, 3.05) is 25.0 Å². The Morgan fingerprint density at radius 1 is 1.00 bits per heavy atom. The molecule has 0 bridgehead atoms. The van der Waals surface area contributed by atoms with Crippen molar-refractivity contribution in [3.63, 3.8) is 0 Å². The highest BCUT2D eigenvalue weighted by atomic mass is 19.1. The van der Waals surface area contributed by atoms with Crippen molar-refractivity contribution in [3.8, 4) is 0 Å². The molecule has 2 atom stereocenters. The molecule has 4 rings (SSSR count). The topological polar surface area (TPSA) is 144 Å². The summed E-state index contributed by atoms with van der Waals surface area (Å²) in [4.78, 5) is 59.4. The third kappa shape index (κ3) is 10.9. The van der Waals surface area contributed by atoms with E-state index in [-0.39, 0.29) is 24.9 Å². The SMILES string of the molecule is CC1CCN(C(=O)C(c2cccc(F)c2)n2cnc(NC(=O)[C@@H](COCc3ccccc3)NC(=O)C(C)(C)NC(=O)OC(C)(C)C)c2)CC1. The van der Waals surface area contributed by atoms with E-state index < -0.39 is 46.9 Å². The highest BCUT2D eigenvalue weighted by molar-refractivity contribution is 5.98. The van der Waals surface area contributed by atoms with E-state index in [1.165, 1.54) is 43.1 Å². The molecule has 3 N–H and O–H groups in total. The van der Waals surface area contributed by atoms with Crippen molar-refractivity contribution >= 4 is 29.6 Å². The van der Waals surface area contributed by atoms with Gasteiger partial charge in [-0.2, -0.15) is 0 Å². The number of aromatic nitrogens is 2. The monoisotopic (exact) mass is 678 g/mol. The highest BCUT2D eigenvalue weighted by Crippen LogP contribution is 2.26. The summed E-state index contributed by atoms with van der Waals surface area (Å²) in [6.45, 7) is 11.4. The lowest BCUT2D eigenvalue weighted by Gasteiger charge is -2.33. The molecule has 2 heterocycles. The fraction of sp³-hybridized carbons (Fsp3) is 0.472. The fourth-order valence-corrected chi connectivity index (χ4v) is 5.28. The second kappa shape index (κ2) is 16.1. The summed E-state index contributed by atoms with van der Waals surface area (Å²) in [6.07, 6.45) is 3.85. The zero-order chi connectivity index (χ0) is 35.8. The van der Waals surface area contributed by atoms with Crippen molar-refractivity contribution in [2.24, 2.45) is 5.92 Å². The molecule has 1 aliphatic rings. The summed E-state index contributed by atoms with van der Waals surface area (Å²) >= 11 is 0.